The molecule has 8 nitrogen and oxygen atoms in total. The number of halogens is 2. The van der Waals surface area contributed by atoms with Crippen molar-refractivity contribution in [2.75, 3.05) is 21.3 Å². The number of ether oxygens (including phenoxy) is 4. The fraction of sp³-hybridized carbons (Fsp3) is 0.160. The van der Waals surface area contributed by atoms with Gasteiger partial charge in [0.15, 0.2) is 23.0 Å². The number of hydrazone groups is 1. The van der Waals surface area contributed by atoms with E-state index in [1.807, 2.05) is 0 Å². The molecule has 0 saturated carbocycles. The Balaban J connectivity index is 1.63. The molecule has 0 radical (unpaired) electrons. The Kier molecular flexibility index (Phi) is 8.94. The van der Waals surface area contributed by atoms with E-state index in [4.69, 9.17) is 42.1 Å². The van der Waals surface area contributed by atoms with Crippen molar-refractivity contribution in [2.45, 2.75) is 6.42 Å². The highest BCUT2D eigenvalue weighted by Crippen LogP contribution is 2.30. The van der Waals surface area contributed by atoms with Gasteiger partial charge in [0.05, 0.1) is 44.6 Å². The Morgan fingerprint density at radius 2 is 1.54 bits per heavy atom. The zero-order chi connectivity index (χ0) is 25.4. The van der Waals surface area contributed by atoms with Crippen LogP contribution >= 0.6 is 23.2 Å². The van der Waals surface area contributed by atoms with E-state index >= 15 is 0 Å². The normalized spacial score (nSPS) is 10.7. The van der Waals surface area contributed by atoms with Crippen LogP contribution in [-0.4, -0.2) is 39.4 Å². The molecule has 3 rings (SSSR count). The summed E-state index contributed by atoms with van der Waals surface area (Å²) in [4.78, 5) is 24.7. The molecule has 182 valence electrons. The molecule has 0 bridgehead atoms. The molecule has 1 N–H and O–H groups in total. The van der Waals surface area contributed by atoms with Gasteiger partial charge in [0, 0.05) is 5.02 Å². The zero-order valence-electron chi connectivity index (χ0n) is 19.1. The summed E-state index contributed by atoms with van der Waals surface area (Å²) in [5.41, 5.74) is 3.99. The summed E-state index contributed by atoms with van der Waals surface area (Å²) >= 11 is 11.9. The molecule has 0 aromatic heterocycles. The molecular weight excluding hydrogens is 495 g/mol. The van der Waals surface area contributed by atoms with Gasteiger partial charge in [-0.2, -0.15) is 5.10 Å². The maximum Gasteiger partial charge on any atom is 0.345 e. The van der Waals surface area contributed by atoms with Crippen LogP contribution in [0.4, 0.5) is 0 Å². The predicted molar refractivity (Wildman–Crippen MR) is 133 cm³/mol. The summed E-state index contributed by atoms with van der Waals surface area (Å²) in [6.07, 6.45) is 1.54. The number of rotatable bonds is 9. The van der Waals surface area contributed by atoms with Gasteiger partial charge in [-0.05, 0) is 59.7 Å². The van der Waals surface area contributed by atoms with E-state index in [1.165, 1.54) is 32.6 Å². The van der Waals surface area contributed by atoms with Crippen LogP contribution < -0.4 is 24.4 Å². The lowest BCUT2D eigenvalue weighted by Gasteiger charge is -2.11. The first-order valence-electron chi connectivity index (χ1n) is 10.2. The molecule has 0 unspecified atom stereocenters. The van der Waals surface area contributed by atoms with E-state index in [2.05, 4.69) is 10.5 Å². The van der Waals surface area contributed by atoms with Gasteiger partial charge >= 0.3 is 5.97 Å². The van der Waals surface area contributed by atoms with Crippen molar-refractivity contribution in [3.63, 3.8) is 0 Å². The van der Waals surface area contributed by atoms with Crippen molar-refractivity contribution in [2.24, 2.45) is 5.10 Å². The number of nitrogens with zero attached hydrogens (tertiary/aromatic N) is 1. The minimum absolute atomic E-state index is 0.100. The molecule has 0 heterocycles. The van der Waals surface area contributed by atoms with Crippen molar-refractivity contribution in [1.82, 2.24) is 5.43 Å². The van der Waals surface area contributed by atoms with Crippen molar-refractivity contribution < 1.29 is 28.5 Å². The molecule has 0 fully saturated rings. The zero-order valence-corrected chi connectivity index (χ0v) is 20.6. The third-order valence-corrected chi connectivity index (χ3v) is 5.30. The van der Waals surface area contributed by atoms with Gasteiger partial charge in [0.1, 0.15) is 0 Å². The summed E-state index contributed by atoms with van der Waals surface area (Å²) in [6.45, 7) is 0. The highest BCUT2D eigenvalue weighted by Gasteiger charge is 2.16. The Morgan fingerprint density at radius 1 is 0.857 bits per heavy atom. The highest BCUT2D eigenvalue weighted by molar-refractivity contribution is 6.36. The first kappa shape index (κ1) is 25.9. The molecule has 1 amide bonds. The van der Waals surface area contributed by atoms with Crippen LogP contribution in [0, 0.1) is 0 Å². The van der Waals surface area contributed by atoms with E-state index < -0.39 is 5.97 Å². The Labute approximate surface area is 212 Å². The molecule has 0 spiro atoms. The molecule has 0 aliphatic carbocycles. The number of amides is 1. The second-order valence-corrected chi connectivity index (χ2v) is 7.93. The van der Waals surface area contributed by atoms with Gasteiger partial charge < -0.3 is 18.9 Å². The van der Waals surface area contributed by atoms with Gasteiger partial charge in [-0.25, -0.2) is 10.2 Å². The average Bonchev–Trinajstić information content (AvgIpc) is 2.84. The van der Waals surface area contributed by atoms with Crippen LogP contribution in [0.15, 0.2) is 59.7 Å². The summed E-state index contributed by atoms with van der Waals surface area (Å²) < 4.78 is 21.2. The standard InChI is InChI=1S/C25H22Cl2N2O6/c1-32-20-8-4-15(10-22(20)33-2)12-24(30)29-28-14-16-5-9-21(23(11-16)34-3)35-25(31)18-7-6-17(26)13-19(18)27/h4-11,13-14H,12H2,1-3H3,(H,29,30)/b28-14+. The topological polar surface area (TPSA) is 95.5 Å². The molecule has 0 aliphatic rings. The number of carbonyl (C=O) groups excluding carboxylic acids is 2. The maximum atomic E-state index is 12.5. The van der Waals surface area contributed by atoms with Crippen LogP contribution in [0.25, 0.3) is 0 Å². The van der Waals surface area contributed by atoms with Gasteiger partial charge in [-0.15, -0.1) is 0 Å². The number of hydrogen-bond acceptors (Lipinski definition) is 7. The lowest BCUT2D eigenvalue weighted by molar-refractivity contribution is -0.120. The molecule has 0 atom stereocenters. The molecule has 10 heteroatoms. The second kappa shape index (κ2) is 12.1. The number of benzene rings is 3. The van der Waals surface area contributed by atoms with Crippen molar-refractivity contribution in [3.05, 3.63) is 81.3 Å². The highest BCUT2D eigenvalue weighted by atomic mass is 35.5. The van der Waals surface area contributed by atoms with Gasteiger partial charge in [-0.1, -0.05) is 29.3 Å². The summed E-state index contributed by atoms with van der Waals surface area (Å²) in [5, 5.41) is 4.55. The largest absolute Gasteiger partial charge is 0.493 e. The summed E-state index contributed by atoms with van der Waals surface area (Å²) in [7, 11) is 4.51. The van der Waals surface area contributed by atoms with Gasteiger partial charge in [0.2, 0.25) is 5.91 Å². The fourth-order valence-corrected chi connectivity index (χ4v) is 3.54. The average molecular weight is 517 g/mol. The molecule has 0 saturated heterocycles. The van der Waals surface area contributed by atoms with Gasteiger partial charge in [0.25, 0.3) is 0 Å². The third kappa shape index (κ3) is 6.88. The smallest absolute Gasteiger partial charge is 0.345 e. The quantitative estimate of drug-likeness (QED) is 0.187. The molecular formula is C25H22Cl2N2O6. The van der Waals surface area contributed by atoms with E-state index in [0.29, 0.717) is 27.8 Å². The van der Waals surface area contributed by atoms with E-state index in [1.54, 1.807) is 49.6 Å². The number of methoxy groups -OCH3 is 3. The summed E-state index contributed by atoms with van der Waals surface area (Å²) in [6, 6.07) is 14.5. The fourth-order valence-electron chi connectivity index (χ4n) is 3.05. The van der Waals surface area contributed by atoms with Crippen LogP contribution in [0.1, 0.15) is 21.5 Å². The second-order valence-electron chi connectivity index (χ2n) is 7.08. The minimum atomic E-state index is -0.659. The van der Waals surface area contributed by atoms with Crippen molar-refractivity contribution in [1.29, 1.82) is 0 Å². The molecule has 35 heavy (non-hydrogen) atoms. The van der Waals surface area contributed by atoms with Crippen LogP contribution in [0.5, 0.6) is 23.0 Å². The van der Waals surface area contributed by atoms with Crippen LogP contribution in [-0.2, 0) is 11.2 Å². The monoisotopic (exact) mass is 516 g/mol. The molecule has 3 aromatic carbocycles. The lowest BCUT2D eigenvalue weighted by Crippen LogP contribution is -2.19. The minimum Gasteiger partial charge on any atom is -0.493 e. The van der Waals surface area contributed by atoms with Crippen LogP contribution in [0.2, 0.25) is 10.0 Å². The Bertz CT molecular complexity index is 1260. The van der Waals surface area contributed by atoms with E-state index in [0.717, 1.165) is 5.56 Å². The first-order valence-corrected chi connectivity index (χ1v) is 11.0. The van der Waals surface area contributed by atoms with E-state index in [-0.39, 0.29) is 28.7 Å². The van der Waals surface area contributed by atoms with E-state index in [9.17, 15) is 9.59 Å². The number of nitrogens with one attached hydrogen (secondary N) is 1. The number of hydrogen-bond donors (Lipinski definition) is 1. The predicted octanol–water partition coefficient (Wildman–Crippen LogP) is 4.93. The van der Waals surface area contributed by atoms with Crippen LogP contribution in [0.3, 0.4) is 0 Å². The lowest BCUT2D eigenvalue weighted by atomic mass is 10.1. The SMILES string of the molecule is COc1ccc(CC(=O)N/N=C/c2ccc(OC(=O)c3ccc(Cl)cc3Cl)c(OC)c2)cc1OC. The summed E-state index contributed by atoms with van der Waals surface area (Å²) in [5.74, 6) is 0.628. The van der Waals surface area contributed by atoms with Gasteiger partial charge in [-0.3, -0.25) is 4.79 Å². The number of esters is 1. The molecule has 3 aromatic rings. The number of carbonyl (C=O) groups is 2. The Hall–Kier alpha value is -3.75. The third-order valence-electron chi connectivity index (χ3n) is 4.76. The Morgan fingerprint density at radius 3 is 2.23 bits per heavy atom. The van der Waals surface area contributed by atoms with Crippen molar-refractivity contribution >= 4 is 41.3 Å². The van der Waals surface area contributed by atoms with Crippen molar-refractivity contribution in [3.8, 4) is 23.0 Å². The first-order chi connectivity index (χ1) is 16.8. The molecule has 0 aliphatic heterocycles. The maximum absolute atomic E-state index is 12.5.